The van der Waals surface area contributed by atoms with E-state index in [1.165, 1.54) is 5.56 Å². The Morgan fingerprint density at radius 3 is 2.36 bits per heavy atom. The van der Waals surface area contributed by atoms with Crippen LogP contribution in [-0.2, 0) is 6.54 Å². The lowest BCUT2D eigenvalue weighted by atomic mass is 10.1. The maximum atomic E-state index is 12.7. The van der Waals surface area contributed by atoms with Crippen LogP contribution in [0.15, 0.2) is 67.0 Å². The zero-order chi connectivity index (χ0) is 26.6. The van der Waals surface area contributed by atoms with E-state index in [0.717, 1.165) is 90.7 Å². The Kier molecular flexibility index (Phi) is 7.71. The van der Waals surface area contributed by atoms with E-state index in [1.807, 2.05) is 40.1 Å². The monoisotopic (exact) mass is 542 g/mol. The van der Waals surface area contributed by atoms with Gasteiger partial charge >= 0.3 is 6.03 Å². The van der Waals surface area contributed by atoms with Gasteiger partial charge in [-0.05, 0) is 35.6 Å². The number of urea groups is 1. The van der Waals surface area contributed by atoms with Crippen LogP contribution in [0.25, 0.3) is 20.7 Å². The number of likely N-dealkylation sites (tertiary alicyclic amines) is 1. The zero-order valence-electron chi connectivity index (χ0n) is 22.0. The first-order valence-electron chi connectivity index (χ1n) is 13.7. The summed E-state index contributed by atoms with van der Waals surface area (Å²) >= 11 is 1.66. The Morgan fingerprint density at radius 1 is 0.923 bits per heavy atom. The van der Waals surface area contributed by atoms with Crippen LogP contribution in [0.3, 0.4) is 0 Å². The third kappa shape index (κ3) is 5.75. The van der Waals surface area contributed by atoms with Gasteiger partial charge in [-0.3, -0.25) is 4.90 Å². The fraction of sp³-hybridized carbons (Fsp3) is 0.367. The van der Waals surface area contributed by atoms with Gasteiger partial charge in [0.1, 0.15) is 12.1 Å². The van der Waals surface area contributed by atoms with E-state index in [-0.39, 0.29) is 18.7 Å². The minimum Gasteiger partial charge on any atom is -0.394 e. The Hall–Kier alpha value is -3.53. The topological polar surface area (TPSA) is 84.8 Å². The molecule has 4 aromatic rings. The average molecular weight is 543 g/mol. The fourth-order valence-corrected chi connectivity index (χ4v) is 6.49. The summed E-state index contributed by atoms with van der Waals surface area (Å²) in [4.78, 5) is 29.2. The van der Waals surface area contributed by atoms with Crippen molar-refractivity contribution in [2.75, 3.05) is 51.2 Å². The quantitative estimate of drug-likeness (QED) is 0.348. The molecule has 202 valence electrons. The van der Waals surface area contributed by atoms with Crippen molar-refractivity contribution >= 4 is 33.4 Å². The van der Waals surface area contributed by atoms with Gasteiger partial charge in [0.2, 0.25) is 0 Å². The second kappa shape index (κ2) is 11.7. The van der Waals surface area contributed by atoms with Gasteiger partial charge in [0.25, 0.3) is 0 Å². The summed E-state index contributed by atoms with van der Waals surface area (Å²) in [5.74, 6) is 0.734. The van der Waals surface area contributed by atoms with Gasteiger partial charge in [-0.15, -0.1) is 11.3 Å². The van der Waals surface area contributed by atoms with Gasteiger partial charge in [0.05, 0.1) is 22.9 Å². The van der Waals surface area contributed by atoms with Crippen LogP contribution in [0, 0.1) is 0 Å². The Labute approximate surface area is 232 Å². The third-order valence-corrected chi connectivity index (χ3v) is 8.85. The van der Waals surface area contributed by atoms with E-state index in [4.69, 9.17) is 0 Å². The van der Waals surface area contributed by atoms with Crippen LogP contribution in [-0.4, -0.2) is 81.7 Å². The largest absolute Gasteiger partial charge is 0.394 e. The first kappa shape index (κ1) is 25.7. The number of carbonyl (C=O) groups excluding carboxylic acids is 1. The van der Waals surface area contributed by atoms with Crippen LogP contribution in [0.2, 0.25) is 0 Å². The van der Waals surface area contributed by atoms with Gasteiger partial charge in [-0.25, -0.2) is 14.8 Å². The molecule has 39 heavy (non-hydrogen) atoms. The molecule has 2 aliphatic rings. The molecular formula is C30H34N6O2S. The number of aliphatic hydroxyl groups excluding tert-OH is 1. The van der Waals surface area contributed by atoms with Crippen molar-refractivity contribution in [1.29, 1.82) is 0 Å². The van der Waals surface area contributed by atoms with E-state index in [0.29, 0.717) is 0 Å². The van der Waals surface area contributed by atoms with Crippen LogP contribution in [0.1, 0.15) is 30.0 Å². The van der Waals surface area contributed by atoms with Gasteiger partial charge in [0.15, 0.2) is 0 Å². The van der Waals surface area contributed by atoms with Crippen LogP contribution in [0.5, 0.6) is 0 Å². The number of rotatable bonds is 7. The van der Waals surface area contributed by atoms with Crippen molar-refractivity contribution in [3.05, 3.63) is 78.1 Å². The van der Waals surface area contributed by atoms with Crippen molar-refractivity contribution in [3.63, 3.8) is 0 Å². The Bertz CT molecular complexity index is 1400. The summed E-state index contributed by atoms with van der Waals surface area (Å²) < 4.78 is 0.979. The molecule has 2 aromatic carbocycles. The maximum absolute atomic E-state index is 12.7. The number of benzene rings is 2. The molecule has 2 N–H and O–H groups in total. The molecule has 4 heterocycles. The van der Waals surface area contributed by atoms with Gasteiger partial charge in [-0.2, -0.15) is 0 Å². The first-order valence-corrected chi connectivity index (χ1v) is 14.5. The molecule has 2 fully saturated rings. The minimum atomic E-state index is -0.241. The standard InChI is InChI=1S/C30H34N6O2S/c37-20-26(23-6-2-1-3-7-23)33-29-28-25(31-21-32-29)18-27(39-28)24-10-8-22(9-11-24)19-34-14-16-36(17-15-34)30(38)35-12-4-5-13-35/h1-3,6-11,18,21,26,37H,4-5,12-17,19-20H2,(H,31,32,33). The number of aliphatic hydroxyl groups is 1. The van der Waals surface area contributed by atoms with E-state index < -0.39 is 0 Å². The van der Waals surface area contributed by atoms with Gasteiger partial charge in [0, 0.05) is 50.7 Å². The predicted octanol–water partition coefficient (Wildman–Crippen LogP) is 4.84. The van der Waals surface area contributed by atoms with Crippen LogP contribution < -0.4 is 5.32 Å². The molecule has 1 atom stereocenters. The lowest BCUT2D eigenvalue weighted by Crippen LogP contribution is -2.52. The summed E-state index contributed by atoms with van der Waals surface area (Å²) in [6.07, 6.45) is 3.84. The van der Waals surface area contributed by atoms with E-state index in [9.17, 15) is 9.90 Å². The number of thiophene rings is 1. The number of piperazine rings is 1. The number of nitrogens with zero attached hydrogens (tertiary/aromatic N) is 5. The summed E-state index contributed by atoms with van der Waals surface area (Å²) in [5, 5.41) is 13.4. The molecule has 2 aromatic heterocycles. The molecule has 9 heteroatoms. The van der Waals surface area contributed by atoms with Crippen molar-refractivity contribution in [2.24, 2.45) is 0 Å². The average Bonchev–Trinajstić information content (AvgIpc) is 3.68. The third-order valence-electron chi connectivity index (χ3n) is 7.67. The van der Waals surface area contributed by atoms with Crippen molar-refractivity contribution in [2.45, 2.75) is 25.4 Å². The number of hydrogen-bond donors (Lipinski definition) is 2. The lowest BCUT2D eigenvalue weighted by molar-refractivity contribution is 0.115. The number of anilines is 1. The van der Waals surface area contributed by atoms with Crippen molar-refractivity contribution < 1.29 is 9.90 Å². The maximum Gasteiger partial charge on any atom is 0.320 e. The summed E-state index contributed by atoms with van der Waals surface area (Å²) in [6.45, 7) is 6.09. The highest BCUT2D eigenvalue weighted by Crippen LogP contribution is 2.36. The summed E-state index contributed by atoms with van der Waals surface area (Å²) in [7, 11) is 0. The first-order chi connectivity index (χ1) is 19.2. The fourth-order valence-electron chi connectivity index (χ4n) is 5.42. The normalized spacial score (nSPS) is 17.1. The predicted molar refractivity (Wildman–Crippen MR) is 156 cm³/mol. The van der Waals surface area contributed by atoms with Gasteiger partial charge < -0.3 is 20.2 Å². The molecule has 2 aliphatic heterocycles. The molecule has 0 aliphatic carbocycles. The van der Waals surface area contributed by atoms with Crippen molar-refractivity contribution in [1.82, 2.24) is 24.7 Å². The number of fused-ring (bicyclic) bond motifs is 1. The minimum absolute atomic E-state index is 0.0288. The SMILES string of the molecule is O=C(N1CCCC1)N1CCN(Cc2ccc(-c3cc4ncnc(NC(CO)c5ccccc5)c4s3)cc2)CC1. The van der Waals surface area contributed by atoms with E-state index >= 15 is 0 Å². The second-order valence-electron chi connectivity index (χ2n) is 10.3. The molecule has 1 unspecified atom stereocenters. The molecule has 0 saturated carbocycles. The van der Waals surface area contributed by atoms with Crippen molar-refractivity contribution in [3.8, 4) is 10.4 Å². The highest BCUT2D eigenvalue weighted by Gasteiger charge is 2.26. The number of amides is 2. The number of aromatic nitrogens is 2. The molecule has 0 spiro atoms. The number of hydrogen-bond acceptors (Lipinski definition) is 7. The van der Waals surface area contributed by atoms with Gasteiger partial charge in [-0.1, -0.05) is 54.6 Å². The zero-order valence-corrected chi connectivity index (χ0v) is 22.8. The van der Waals surface area contributed by atoms with Crippen LogP contribution >= 0.6 is 11.3 Å². The summed E-state index contributed by atoms with van der Waals surface area (Å²) in [6, 6.07) is 20.7. The molecule has 2 saturated heterocycles. The molecule has 2 amide bonds. The highest BCUT2D eigenvalue weighted by atomic mass is 32.1. The van der Waals surface area contributed by atoms with Crippen LogP contribution in [0.4, 0.5) is 10.6 Å². The number of carbonyl (C=O) groups is 1. The molecule has 0 bridgehead atoms. The second-order valence-corrected chi connectivity index (χ2v) is 11.3. The lowest BCUT2D eigenvalue weighted by Gasteiger charge is -2.36. The number of nitrogens with one attached hydrogen (secondary N) is 1. The molecule has 6 rings (SSSR count). The van der Waals surface area contributed by atoms with E-state index in [1.54, 1.807) is 17.7 Å². The molecular weight excluding hydrogens is 508 g/mol. The Balaban J connectivity index is 1.10. The Morgan fingerprint density at radius 2 is 1.64 bits per heavy atom. The summed E-state index contributed by atoms with van der Waals surface area (Å²) in [5.41, 5.74) is 4.33. The highest BCUT2D eigenvalue weighted by molar-refractivity contribution is 7.22. The van der Waals surface area contributed by atoms with E-state index in [2.05, 4.69) is 50.5 Å². The smallest absolute Gasteiger partial charge is 0.320 e. The molecule has 8 nitrogen and oxygen atoms in total. The molecule has 0 radical (unpaired) electrons.